The van der Waals surface area contributed by atoms with E-state index in [2.05, 4.69) is 18.8 Å². The van der Waals surface area contributed by atoms with Crippen molar-refractivity contribution in [1.29, 1.82) is 0 Å². The fourth-order valence-electron chi connectivity index (χ4n) is 3.10. The maximum atomic E-state index is 14.1. The Balaban J connectivity index is 1.99. The monoisotopic (exact) mass is 292 g/mol. The largest absolute Gasteiger partial charge is 0.497 e. The van der Waals surface area contributed by atoms with Gasteiger partial charge in [0.2, 0.25) is 0 Å². The topological polar surface area (TPSA) is 48.1 Å². The van der Waals surface area contributed by atoms with E-state index < -0.39 is 0 Å². The highest BCUT2D eigenvalue weighted by Crippen LogP contribution is 2.70. The van der Waals surface area contributed by atoms with Gasteiger partial charge in [-0.05, 0) is 29.2 Å². The summed E-state index contributed by atoms with van der Waals surface area (Å²) in [7, 11) is 1.59. The van der Waals surface area contributed by atoms with Crippen molar-refractivity contribution in [3.63, 3.8) is 0 Å². The van der Waals surface area contributed by atoms with Gasteiger partial charge in [-0.25, -0.2) is 9.37 Å². The molecule has 1 fully saturated rings. The number of halogens is 1. The Kier molecular flexibility index (Phi) is 2.97. The van der Waals surface area contributed by atoms with E-state index in [0.717, 1.165) is 5.69 Å². The Labute approximate surface area is 121 Å². The second kappa shape index (κ2) is 4.45. The minimum absolute atomic E-state index is 0.0201. The van der Waals surface area contributed by atoms with Crippen LogP contribution in [-0.4, -0.2) is 12.1 Å². The molecule has 1 aromatic heterocycles. The fourth-order valence-corrected chi connectivity index (χ4v) is 3.70. The van der Waals surface area contributed by atoms with Crippen molar-refractivity contribution < 1.29 is 9.13 Å². The quantitative estimate of drug-likeness (QED) is 0.936. The van der Waals surface area contributed by atoms with E-state index in [1.165, 1.54) is 17.4 Å². The Morgan fingerprint density at radius 1 is 1.35 bits per heavy atom. The average molecular weight is 292 g/mol. The Hall–Kier alpha value is -1.62. The van der Waals surface area contributed by atoms with E-state index in [4.69, 9.17) is 10.5 Å². The minimum atomic E-state index is -0.186. The molecule has 1 saturated carbocycles. The summed E-state index contributed by atoms with van der Waals surface area (Å²) in [5.41, 5.74) is 7.35. The molecule has 1 aliphatic rings. The third-order valence-electron chi connectivity index (χ3n) is 4.22. The molecule has 0 bridgehead atoms. The van der Waals surface area contributed by atoms with Crippen LogP contribution in [0.25, 0.3) is 0 Å². The Morgan fingerprint density at radius 2 is 2.10 bits per heavy atom. The summed E-state index contributed by atoms with van der Waals surface area (Å²) in [6, 6.07) is 4.90. The smallest absolute Gasteiger partial charge is 0.180 e. The van der Waals surface area contributed by atoms with Crippen LogP contribution >= 0.6 is 11.3 Å². The molecule has 0 spiro atoms. The Bertz CT molecular complexity index is 653. The van der Waals surface area contributed by atoms with Crippen LogP contribution in [0.1, 0.15) is 36.9 Å². The molecule has 0 aliphatic heterocycles. The number of anilines is 1. The average Bonchev–Trinajstić information content (AvgIpc) is 2.75. The lowest BCUT2D eigenvalue weighted by molar-refractivity contribution is 0.412. The molecule has 1 heterocycles. The van der Waals surface area contributed by atoms with Crippen molar-refractivity contribution >= 4 is 16.5 Å². The van der Waals surface area contributed by atoms with E-state index in [1.807, 2.05) is 5.38 Å². The summed E-state index contributed by atoms with van der Waals surface area (Å²) in [6.45, 7) is 4.27. The molecule has 2 aromatic rings. The van der Waals surface area contributed by atoms with Crippen LogP contribution in [-0.2, 0) is 0 Å². The highest BCUT2D eigenvalue weighted by atomic mass is 32.1. The molecule has 0 saturated heterocycles. The van der Waals surface area contributed by atoms with Crippen molar-refractivity contribution in [2.24, 2.45) is 5.41 Å². The molecular weight excluding hydrogens is 275 g/mol. The van der Waals surface area contributed by atoms with Gasteiger partial charge in [-0.3, -0.25) is 0 Å². The van der Waals surface area contributed by atoms with Crippen LogP contribution in [0.15, 0.2) is 23.6 Å². The summed E-state index contributed by atoms with van der Waals surface area (Å²) >= 11 is 1.43. The highest BCUT2D eigenvalue weighted by molar-refractivity contribution is 7.13. The first-order chi connectivity index (χ1) is 9.45. The summed E-state index contributed by atoms with van der Waals surface area (Å²) in [5, 5.41) is 2.53. The van der Waals surface area contributed by atoms with Gasteiger partial charge in [-0.15, -0.1) is 11.3 Å². The number of nitrogen functional groups attached to an aromatic ring is 1. The zero-order chi connectivity index (χ0) is 14.5. The predicted octanol–water partition coefficient (Wildman–Crippen LogP) is 3.78. The predicted molar refractivity (Wildman–Crippen MR) is 78.7 cm³/mol. The molecule has 0 amide bonds. The van der Waals surface area contributed by atoms with E-state index in [0.29, 0.717) is 16.4 Å². The number of hydrogen-bond acceptors (Lipinski definition) is 4. The van der Waals surface area contributed by atoms with Crippen LogP contribution in [0, 0.1) is 11.2 Å². The number of nitrogens with two attached hydrogens (primary N) is 1. The van der Waals surface area contributed by atoms with Gasteiger partial charge < -0.3 is 10.5 Å². The van der Waals surface area contributed by atoms with Crippen molar-refractivity contribution in [2.75, 3.05) is 12.8 Å². The number of rotatable bonds is 3. The molecule has 20 heavy (non-hydrogen) atoms. The number of benzene rings is 1. The molecule has 1 aliphatic carbocycles. The third-order valence-corrected chi connectivity index (χ3v) is 4.92. The number of hydrogen-bond donors (Lipinski definition) is 1. The van der Waals surface area contributed by atoms with Crippen LogP contribution in [0.4, 0.5) is 9.52 Å². The van der Waals surface area contributed by atoms with Gasteiger partial charge in [0.25, 0.3) is 0 Å². The lowest BCUT2D eigenvalue weighted by atomic mass is 10.0. The van der Waals surface area contributed by atoms with Crippen molar-refractivity contribution in [3.8, 4) is 5.75 Å². The number of thiazole rings is 1. The fraction of sp³-hybridized carbons (Fsp3) is 0.400. The molecule has 106 valence electrons. The molecule has 2 N–H and O–H groups in total. The molecule has 3 rings (SSSR count). The van der Waals surface area contributed by atoms with Gasteiger partial charge >= 0.3 is 0 Å². The van der Waals surface area contributed by atoms with Crippen molar-refractivity contribution in [1.82, 2.24) is 4.98 Å². The molecule has 2 atom stereocenters. The summed E-state index contributed by atoms with van der Waals surface area (Å²) in [5.74, 6) is 0.812. The molecule has 0 radical (unpaired) electrons. The molecule has 5 heteroatoms. The molecule has 3 nitrogen and oxygen atoms in total. The second-order valence-electron chi connectivity index (χ2n) is 5.77. The Morgan fingerprint density at radius 3 is 2.70 bits per heavy atom. The van der Waals surface area contributed by atoms with Crippen LogP contribution in [0.3, 0.4) is 0 Å². The van der Waals surface area contributed by atoms with E-state index in [9.17, 15) is 4.39 Å². The van der Waals surface area contributed by atoms with Crippen LogP contribution in [0.2, 0.25) is 0 Å². The van der Waals surface area contributed by atoms with Crippen molar-refractivity contribution in [3.05, 3.63) is 40.7 Å². The van der Waals surface area contributed by atoms with E-state index in [-0.39, 0.29) is 23.1 Å². The van der Waals surface area contributed by atoms with Gasteiger partial charge in [0.1, 0.15) is 11.6 Å². The van der Waals surface area contributed by atoms with Gasteiger partial charge in [0.05, 0.1) is 12.8 Å². The highest BCUT2D eigenvalue weighted by Gasteiger charge is 2.60. The van der Waals surface area contributed by atoms with E-state index in [1.54, 1.807) is 19.2 Å². The summed E-state index contributed by atoms with van der Waals surface area (Å²) in [4.78, 5) is 4.36. The number of methoxy groups -OCH3 is 1. The van der Waals surface area contributed by atoms with E-state index >= 15 is 0 Å². The van der Waals surface area contributed by atoms with Gasteiger partial charge in [-0.1, -0.05) is 13.8 Å². The maximum absolute atomic E-state index is 14.1. The lowest BCUT2D eigenvalue weighted by Crippen LogP contribution is -1.95. The van der Waals surface area contributed by atoms with Gasteiger partial charge in [-0.2, -0.15) is 0 Å². The second-order valence-corrected chi connectivity index (χ2v) is 6.66. The normalized spacial score (nSPS) is 23.6. The SMILES string of the molecule is COc1ccc(F)c(C2C(c3csc(N)n3)C2(C)C)c1. The van der Waals surface area contributed by atoms with Gasteiger partial charge in [0.15, 0.2) is 5.13 Å². The standard InChI is InChI=1S/C15H17FN2OS/c1-15(2)12(13(15)11-7-20-14(17)18-11)9-6-8(19-3)4-5-10(9)16/h4-7,12-13H,1-3H3,(H2,17,18). The molecule has 2 unspecified atom stereocenters. The van der Waals surface area contributed by atoms with Crippen LogP contribution < -0.4 is 10.5 Å². The third kappa shape index (κ3) is 1.97. The first-order valence-corrected chi connectivity index (χ1v) is 7.37. The maximum Gasteiger partial charge on any atom is 0.180 e. The zero-order valence-corrected chi connectivity index (χ0v) is 12.5. The van der Waals surface area contributed by atoms with Crippen LogP contribution in [0.5, 0.6) is 5.75 Å². The minimum Gasteiger partial charge on any atom is -0.497 e. The number of aromatic nitrogens is 1. The van der Waals surface area contributed by atoms with Crippen molar-refractivity contribution in [2.45, 2.75) is 25.7 Å². The molecule has 1 aromatic carbocycles. The lowest BCUT2D eigenvalue weighted by Gasteiger charge is -2.07. The number of ether oxygens (including phenoxy) is 1. The number of nitrogens with zero attached hydrogens (tertiary/aromatic N) is 1. The zero-order valence-electron chi connectivity index (χ0n) is 11.7. The molecular formula is C15H17FN2OS. The van der Waals surface area contributed by atoms with Gasteiger partial charge in [0, 0.05) is 17.2 Å². The summed E-state index contributed by atoms with van der Waals surface area (Å²) < 4.78 is 19.3. The first-order valence-electron chi connectivity index (χ1n) is 6.49. The first kappa shape index (κ1) is 13.4. The summed E-state index contributed by atoms with van der Waals surface area (Å²) in [6.07, 6.45) is 0.